The van der Waals surface area contributed by atoms with Gasteiger partial charge in [0.15, 0.2) is 16.8 Å². The third kappa shape index (κ3) is 3.94. The van der Waals surface area contributed by atoms with Crippen LogP contribution in [0.1, 0.15) is 15.2 Å². The summed E-state index contributed by atoms with van der Waals surface area (Å²) in [6.45, 7) is 2.05. The third-order valence-corrected chi connectivity index (χ3v) is 6.68. The Bertz CT molecular complexity index is 1120. The first kappa shape index (κ1) is 19.0. The van der Waals surface area contributed by atoms with Crippen molar-refractivity contribution in [3.63, 3.8) is 0 Å². The first-order valence-corrected chi connectivity index (χ1v) is 11.1. The van der Waals surface area contributed by atoms with E-state index in [4.69, 9.17) is 0 Å². The molecular formula is C20H15BrN4OS2. The minimum atomic E-state index is 0.0722. The average Bonchev–Trinajstić information content (AvgIpc) is 3.33. The number of Topliss-reactive ketones (excluding diaryl/α,β-unsaturated/α-hetero) is 1. The van der Waals surface area contributed by atoms with Gasteiger partial charge >= 0.3 is 0 Å². The molecule has 3 aromatic heterocycles. The highest BCUT2D eigenvalue weighted by Gasteiger charge is 2.19. The fraction of sp³-hybridized carbons (Fsp3) is 0.100. The number of thioether (sulfide) groups is 1. The normalized spacial score (nSPS) is 10.9. The number of carbonyl (C=O) groups excluding carboxylic acids is 1. The molecule has 0 radical (unpaired) electrons. The number of benzene rings is 1. The summed E-state index contributed by atoms with van der Waals surface area (Å²) in [6, 6.07) is 15.6. The van der Waals surface area contributed by atoms with Crippen molar-refractivity contribution in [2.24, 2.45) is 0 Å². The largest absolute Gasteiger partial charge is 0.292 e. The van der Waals surface area contributed by atoms with Crippen molar-refractivity contribution in [3.8, 4) is 17.1 Å². The molecule has 140 valence electrons. The molecule has 28 heavy (non-hydrogen) atoms. The summed E-state index contributed by atoms with van der Waals surface area (Å²) in [5.74, 6) is 1.07. The Balaban J connectivity index is 1.70. The van der Waals surface area contributed by atoms with Gasteiger partial charge in [0.1, 0.15) is 0 Å². The second-order valence-corrected chi connectivity index (χ2v) is 9.39. The molecule has 0 aliphatic heterocycles. The van der Waals surface area contributed by atoms with Gasteiger partial charge in [-0.05, 0) is 58.7 Å². The predicted octanol–water partition coefficient (Wildman–Crippen LogP) is 5.44. The van der Waals surface area contributed by atoms with Gasteiger partial charge in [0.2, 0.25) is 0 Å². The van der Waals surface area contributed by atoms with E-state index in [9.17, 15) is 4.79 Å². The highest BCUT2D eigenvalue weighted by Crippen LogP contribution is 2.30. The molecule has 0 bridgehead atoms. The van der Waals surface area contributed by atoms with Crippen LogP contribution in [0, 0.1) is 6.92 Å². The lowest BCUT2D eigenvalue weighted by Crippen LogP contribution is -2.05. The van der Waals surface area contributed by atoms with Crippen LogP contribution < -0.4 is 0 Å². The molecule has 4 aromatic rings. The topological polar surface area (TPSA) is 60.7 Å². The zero-order valence-electron chi connectivity index (χ0n) is 14.9. The molecule has 0 N–H and O–H groups in total. The van der Waals surface area contributed by atoms with Gasteiger partial charge in [-0.25, -0.2) is 0 Å². The van der Waals surface area contributed by atoms with Crippen LogP contribution in [0.3, 0.4) is 0 Å². The van der Waals surface area contributed by atoms with Crippen molar-refractivity contribution in [1.29, 1.82) is 0 Å². The number of ketones is 1. The molecule has 0 aliphatic rings. The van der Waals surface area contributed by atoms with E-state index in [1.807, 2.05) is 60.0 Å². The Kier molecular flexibility index (Phi) is 5.70. The highest BCUT2D eigenvalue weighted by atomic mass is 79.9. The Morgan fingerprint density at radius 1 is 1.14 bits per heavy atom. The number of rotatable bonds is 6. The molecule has 0 saturated carbocycles. The Morgan fingerprint density at radius 2 is 2.00 bits per heavy atom. The SMILES string of the molecule is Cc1ccccc1-n1c(SCC(=O)c2ccc(Br)s2)nnc1-c1cccnc1. The number of thiophene rings is 1. The first-order valence-electron chi connectivity index (χ1n) is 8.46. The van der Waals surface area contributed by atoms with Crippen LogP contribution in [0.15, 0.2) is 69.9 Å². The van der Waals surface area contributed by atoms with Crippen molar-refractivity contribution < 1.29 is 4.79 Å². The minimum Gasteiger partial charge on any atom is -0.292 e. The van der Waals surface area contributed by atoms with Gasteiger partial charge < -0.3 is 0 Å². The average molecular weight is 471 g/mol. The van der Waals surface area contributed by atoms with Crippen molar-refractivity contribution in [3.05, 3.63) is 75.2 Å². The Hall–Kier alpha value is -2.29. The van der Waals surface area contributed by atoms with Gasteiger partial charge in [-0.2, -0.15) is 0 Å². The summed E-state index contributed by atoms with van der Waals surface area (Å²) >= 11 is 6.23. The van der Waals surface area contributed by atoms with Crippen molar-refractivity contribution in [2.75, 3.05) is 5.75 Å². The summed E-state index contributed by atoms with van der Waals surface area (Å²) in [6.07, 6.45) is 3.49. The van der Waals surface area contributed by atoms with Crippen LogP contribution in [0.2, 0.25) is 0 Å². The fourth-order valence-electron chi connectivity index (χ4n) is 2.74. The molecule has 4 rings (SSSR count). The number of halogens is 1. The third-order valence-electron chi connectivity index (χ3n) is 4.09. The van der Waals surface area contributed by atoms with Gasteiger partial charge in [-0.3, -0.25) is 14.3 Å². The molecule has 0 saturated heterocycles. The first-order chi connectivity index (χ1) is 13.6. The quantitative estimate of drug-likeness (QED) is 0.277. The molecule has 5 nitrogen and oxygen atoms in total. The van der Waals surface area contributed by atoms with Gasteiger partial charge in [0, 0.05) is 18.0 Å². The van der Waals surface area contributed by atoms with Gasteiger partial charge in [0.25, 0.3) is 0 Å². The minimum absolute atomic E-state index is 0.0722. The number of para-hydroxylation sites is 1. The number of hydrogen-bond donors (Lipinski definition) is 0. The van der Waals surface area contributed by atoms with Crippen molar-refractivity contribution in [2.45, 2.75) is 12.1 Å². The summed E-state index contributed by atoms with van der Waals surface area (Å²) < 4.78 is 2.94. The molecular weight excluding hydrogens is 456 g/mol. The van der Waals surface area contributed by atoms with Crippen LogP contribution in [0.25, 0.3) is 17.1 Å². The van der Waals surface area contributed by atoms with E-state index >= 15 is 0 Å². The molecule has 0 amide bonds. The molecule has 0 unspecified atom stereocenters. The van der Waals surface area contributed by atoms with E-state index in [0.717, 1.165) is 25.5 Å². The molecule has 3 heterocycles. The standard InChI is InChI=1S/C20H15BrN4OS2/c1-13-5-2-3-7-15(13)25-19(14-6-4-10-22-11-14)23-24-20(25)27-12-16(26)17-8-9-18(21)28-17/h2-11H,12H2,1H3. The molecule has 0 fully saturated rings. The molecule has 0 spiro atoms. The maximum absolute atomic E-state index is 12.5. The summed E-state index contributed by atoms with van der Waals surface area (Å²) in [5, 5.41) is 9.44. The second kappa shape index (κ2) is 8.38. The summed E-state index contributed by atoms with van der Waals surface area (Å²) in [5.41, 5.74) is 2.96. The van der Waals surface area contributed by atoms with Gasteiger partial charge in [0.05, 0.1) is 20.1 Å². The second-order valence-electron chi connectivity index (χ2n) is 5.99. The number of hydrogen-bond acceptors (Lipinski definition) is 6. The number of nitrogens with zero attached hydrogens (tertiary/aromatic N) is 4. The van der Waals surface area contributed by atoms with Crippen LogP contribution in [0.5, 0.6) is 0 Å². The van der Waals surface area contributed by atoms with E-state index < -0.39 is 0 Å². The van der Waals surface area contributed by atoms with E-state index in [-0.39, 0.29) is 5.78 Å². The van der Waals surface area contributed by atoms with Crippen LogP contribution in [-0.2, 0) is 0 Å². The maximum Gasteiger partial charge on any atom is 0.196 e. The maximum atomic E-state index is 12.5. The summed E-state index contributed by atoms with van der Waals surface area (Å²) in [7, 11) is 0. The van der Waals surface area contributed by atoms with Gasteiger partial charge in [-0.15, -0.1) is 21.5 Å². The van der Waals surface area contributed by atoms with Crippen LogP contribution in [-0.4, -0.2) is 31.3 Å². The lowest BCUT2D eigenvalue weighted by atomic mass is 10.2. The molecule has 8 heteroatoms. The molecule has 0 atom stereocenters. The zero-order valence-corrected chi connectivity index (χ0v) is 18.1. The number of aromatic nitrogens is 4. The number of aryl methyl sites for hydroxylation is 1. The Labute approximate surface area is 179 Å². The van der Waals surface area contributed by atoms with E-state index in [0.29, 0.717) is 16.7 Å². The predicted molar refractivity (Wildman–Crippen MR) is 116 cm³/mol. The number of pyridine rings is 1. The number of carbonyl (C=O) groups is 1. The smallest absolute Gasteiger partial charge is 0.196 e. The Morgan fingerprint density at radius 3 is 2.71 bits per heavy atom. The molecule has 0 aliphatic carbocycles. The zero-order chi connectivity index (χ0) is 19.5. The van der Waals surface area contributed by atoms with Crippen LogP contribution in [0.4, 0.5) is 0 Å². The molecule has 1 aromatic carbocycles. The van der Waals surface area contributed by atoms with Crippen molar-refractivity contribution >= 4 is 44.8 Å². The van der Waals surface area contributed by atoms with Gasteiger partial charge in [-0.1, -0.05) is 30.0 Å². The van der Waals surface area contributed by atoms with E-state index in [1.54, 1.807) is 12.4 Å². The van der Waals surface area contributed by atoms with E-state index in [1.165, 1.54) is 23.1 Å². The lowest BCUT2D eigenvalue weighted by molar-refractivity contribution is 0.102. The van der Waals surface area contributed by atoms with Crippen molar-refractivity contribution in [1.82, 2.24) is 19.7 Å². The van der Waals surface area contributed by atoms with E-state index in [2.05, 4.69) is 31.1 Å². The van der Waals surface area contributed by atoms with Crippen LogP contribution >= 0.6 is 39.0 Å². The fourth-order valence-corrected chi connectivity index (χ4v) is 4.99. The summed E-state index contributed by atoms with van der Waals surface area (Å²) in [4.78, 5) is 17.5. The monoisotopic (exact) mass is 470 g/mol. The highest BCUT2D eigenvalue weighted by molar-refractivity contribution is 9.11. The lowest BCUT2D eigenvalue weighted by Gasteiger charge is -2.12.